The standard InChI is InChI=1S/C48H29N5S/c1-3-18-32-30(14-1)16-11-22-34(32)46-50-47(35-23-12-17-31-15-2-4-19-33(31)35)52-48(51-46)38-24-13-28-42-45(38)54-43-29-10-9-27-41(43)53(42)44-36-20-5-7-25-39(36)49-40-26-8-6-21-37(40)44/h1-29H. The molecule has 0 saturated heterocycles. The summed E-state index contributed by atoms with van der Waals surface area (Å²) in [5, 5.41) is 6.65. The molecular formula is C48H29N5S. The Labute approximate surface area is 315 Å². The highest BCUT2D eigenvalue weighted by Gasteiger charge is 2.30. The van der Waals surface area contributed by atoms with Crippen LogP contribution in [0.1, 0.15) is 0 Å². The van der Waals surface area contributed by atoms with Crippen LogP contribution in [0.3, 0.4) is 0 Å². The van der Waals surface area contributed by atoms with Crippen molar-refractivity contribution in [1.29, 1.82) is 0 Å². The monoisotopic (exact) mass is 707 g/mol. The number of hydrogen-bond donors (Lipinski definition) is 0. The summed E-state index contributed by atoms with van der Waals surface area (Å²) in [5.74, 6) is 1.91. The van der Waals surface area contributed by atoms with Crippen molar-refractivity contribution in [2.45, 2.75) is 9.79 Å². The molecule has 5 nitrogen and oxygen atoms in total. The number of fused-ring (bicyclic) bond motifs is 6. The average Bonchev–Trinajstić information content (AvgIpc) is 3.24. The van der Waals surface area contributed by atoms with Gasteiger partial charge >= 0.3 is 0 Å². The van der Waals surface area contributed by atoms with Crippen molar-refractivity contribution < 1.29 is 0 Å². The summed E-state index contributed by atoms with van der Waals surface area (Å²) >= 11 is 1.76. The highest BCUT2D eigenvalue weighted by atomic mass is 32.2. The first-order chi connectivity index (χ1) is 26.8. The van der Waals surface area contributed by atoms with Crippen LogP contribution in [0.25, 0.3) is 77.5 Å². The fourth-order valence-corrected chi connectivity index (χ4v) is 8.99. The molecule has 0 spiro atoms. The largest absolute Gasteiger partial charge is 0.307 e. The number of para-hydroxylation sites is 3. The summed E-state index contributed by atoms with van der Waals surface area (Å²) in [6, 6.07) is 61.5. The molecular weight excluding hydrogens is 679 g/mol. The lowest BCUT2D eigenvalue weighted by Crippen LogP contribution is -2.16. The van der Waals surface area contributed by atoms with Gasteiger partial charge in [0.15, 0.2) is 17.5 Å². The smallest absolute Gasteiger partial charge is 0.165 e. The minimum absolute atomic E-state index is 0.629. The van der Waals surface area contributed by atoms with E-state index in [4.69, 9.17) is 19.9 Å². The Hall–Kier alpha value is -6.89. The Balaban J connectivity index is 1.20. The first kappa shape index (κ1) is 30.7. The van der Waals surface area contributed by atoms with Crippen molar-refractivity contribution in [2.75, 3.05) is 4.90 Å². The zero-order valence-corrected chi connectivity index (χ0v) is 29.7. The number of aromatic nitrogens is 4. The van der Waals surface area contributed by atoms with Crippen LogP contribution < -0.4 is 4.90 Å². The lowest BCUT2D eigenvalue weighted by atomic mass is 10.0. The van der Waals surface area contributed by atoms with Crippen LogP contribution in [0, 0.1) is 0 Å². The topological polar surface area (TPSA) is 54.8 Å². The fraction of sp³-hybridized carbons (Fsp3) is 0. The van der Waals surface area contributed by atoms with E-state index in [1.807, 2.05) is 0 Å². The minimum Gasteiger partial charge on any atom is -0.307 e. The Morgan fingerprint density at radius 1 is 0.352 bits per heavy atom. The van der Waals surface area contributed by atoms with Gasteiger partial charge in [-0.3, -0.25) is 0 Å². The number of benzene rings is 8. The number of nitrogens with zero attached hydrogens (tertiary/aromatic N) is 5. The SMILES string of the molecule is c1ccc2c(c1)Sc1c(-c3nc(-c4cccc5ccccc45)nc(-c4cccc5ccccc45)n3)cccc1N2c1c2ccccc2nc2ccccc12. The quantitative estimate of drug-likeness (QED) is 0.170. The van der Waals surface area contributed by atoms with Crippen LogP contribution in [0.5, 0.6) is 0 Å². The molecule has 2 aromatic heterocycles. The van der Waals surface area contributed by atoms with Gasteiger partial charge in [-0.15, -0.1) is 0 Å². The zero-order chi connectivity index (χ0) is 35.6. The lowest BCUT2D eigenvalue weighted by molar-refractivity contribution is 1.07. The molecule has 252 valence electrons. The molecule has 0 saturated carbocycles. The molecule has 0 radical (unpaired) electrons. The van der Waals surface area contributed by atoms with E-state index in [2.05, 4.69) is 181 Å². The van der Waals surface area contributed by atoms with Crippen molar-refractivity contribution in [1.82, 2.24) is 19.9 Å². The van der Waals surface area contributed by atoms with Gasteiger partial charge in [-0.25, -0.2) is 19.9 Å². The second-order valence-electron chi connectivity index (χ2n) is 13.4. The summed E-state index contributed by atoms with van der Waals surface area (Å²) in [4.78, 5) is 25.6. The Morgan fingerprint density at radius 2 is 0.796 bits per heavy atom. The molecule has 0 bridgehead atoms. The first-order valence-corrected chi connectivity index (χ1v) is 18.8. The van der Waals surface area contributed by atoms with E-state index in [1.165, 1.54) is 0 Å². The predicted molar refractivity (Wildman–Crippen MR) is 223 cm³/mol. The van der Waals surface area contributed by atoms with Crippen LogP contribution in [0.15, 0.2) is 186 Å². The normalized spacial score (nSPS) is 12.3. The number of hydrogen-bond acceptors (Lipinski definition) is 6. The van der Waals surface area contributed by atoms with E-state index in [-0.39, 0.29) is 0 Å². The molecule has 1 aliphatic rings. The molecule has 0 N–H and O–H groups in total. The molecule has 0 atom stereocenters. The Kier molecular flexibility index (Phi) is 7.03. The second-order valence-corrected chi connectivity index (χ2v) is 14.5. The van der Waals surface area contributed by atoms with Gasteiger partial charge in [0.05, 0.1) is 28.1 Å². The third-order valence-electron chi connectivity index (χ3n) is 10.3. The Morgan fingerprint density at radius 3 is 1.43 bits per heavy atom. The highest BCUT2D eigenvalue weighted by molar-refractivity contribution is 8.00. The maximum absolute atomic E-state index is 5.33. The van der Waals surface area contributed by atoms with Crippen LogP contribution >= 0.6 is 11.8 Å². The molecule has 11 rings (SSSR count). The maximum Gasteiger partial charge on any atom is 0.165 e. The van der Waals surface area contributed by atoms with Crippen LogP contribution in [0.4, 0.5) is 17.1 Å². The average molecular weight is 708 g/mol. The molecule has 54 heavy (non-hydrogen) atoms. The molecule has 6 heteroatoms. The summed E-state index contributed by atoms with van der Waals surface area (Å²) in [6.45, 7) is 0. The van der Waals surface area contributed by atoms with Crippen molar-refractivity contribution >= 4 is 72.2 Å². The van der Waals surface area contributed by atoms with Crippen LogP contribution in [0.2, 0.25) is 0 Å². The van der Waals surface area contributed by atoms with Gasteiger partial charge in [0.25, 0.3) is 0 Å². The molecule has 1 aliphatic heterocycles. The van der Waals surface area contributed by atoms with Gasteiger partial charge in [-0.1, -0.05) is 151 Å². The third kappa shape index (κ3) is 4.88. The molecule has 0 amide bonds. The third-order valence-corrected chi connectivity index (χ3v) is 11.5. The van der Waals surface area contributed by atoms with E-state index < -0.39 is 0 Å². The zero-order valence-electron chi connectivity index (χ0n) is 28.9. The van der Waals surface area contributed by atoms with Crippen molar-refractivity contribution in [3.05, 3.63) is 176 Å². The Bertz CT molecular complexity index is 2960. The van der Waals surface area contributed by atoms with Gasteiger partial charge in [0.1, 0.15) is 0 Å². The van der Waals surface area contributed by atoms with Crippen molar-refractivity contribution in [3.63, 3.8) is 0 Å². The van der Waals surface area contributed by atoms with Crippen molar-refractivity contribution in [3.8, 4) is 34.2 Å². The van der Waals surface area contributed by atoms with Gasteiger partial charge < -0.3 is 4.90 Å². The number of rotatable bonds is 4. The fourth-order valence-electron chi connectivity index (χ4n) is 7.83. The summed E-state index contributed by atoms with van der Waals surface area (Å²) in [5.41, 5.74) is 8.09. The molecule has 0 aliphatic carbocycles. The van der Waals surface area contributed by atoms with E-state index in [0.29, 0.717) is 17.5 Å². The molecule has 10 aromatic rings. The van der Waals surface area contributed by atoms with E-state index in [9.17, 15) is 0 Å². The number of pyridine rings is 1. The number of anilines is 3. The predicted octanol–water partition coefficient (Wildman–Crippen LogP) is 12.8. The van der Waals surface area contributed by atoms with E-state index in [1.54, 1.807) is 11.8 Å². The molecule has 0 unspecified atom stereocenters. The summed E-state index contributed by atoms with van der Waals surface area (Å²) in [6.07, 6.45) is 0. The first-order valence-electron chi connectivity index (χ1n) is 18.0. The van der Waals surface area contributed by atoms with E-state index >= 15 is 0 Å². The minimum atomic E-state index is 0.629. The molecule has 0 fully saturated rings. The van der Waals surface area contributed by atoms with Crippen molar-refractivity contribution in [2.24, 2.45) is 0 Å². The summed E-state index contributed by atoms with van der Waals surface area (Å²) < 4.78 is 0. The summed E-state index contributed by atoms with van der Waals surface area (Å²) in [7, 11) is 0. The highest BCUT2D eigenvalue weighted by Crippen LogP contribution is 2.56. The van der Waals surface area contributed by atoms with Crippen LogP contribution in [-0.4, -0.2) is 19.9 Å². The van der Waals surface area contributed by atoms with E-state index in [0.717, 1.165) is 86.9 Å². The molecule has 3 heterocycles. The van der Waals surface area contributed by atoms with Crippen LogP contribution in [-0.2, 0) is 0 Å². The second kappa shape index (κ2) is 12.4. The molecule has 8 aromatic carbocycles. The maximum atomic E-state index is 5.33. The van der Waals surface area contributed by atoms with Gasteiger partial charge in [-0.05, 0) is 57.9 Å². The van der Waals surface area contributed by atoms with Gasteiger partial charge in [-0.2, -0.15) is 0 Å². The van der Waals surface area contributed by atoms with Gasteiger partial charge in [0, 0.05) is 37.3 Å². The van der Waals surface area contributed by atoms with Gasteiger partial charge in [0.2, 0.25) is 0 Å². The lowest BCUT2D eigenvalue weighted by Gasteiger charge is -2.35.